The van der Waals surface area contributed by atoms with Crippen molar-refractivity contribution < 1.29 is 0 Å². The minimum Gasteiger partial charge on any atom is -0.372 e. The Balaban J connectivity index is 1.59. The van der Waals surface area contributed by atoms with Gasteiger partial charge in [-0.15, -0.1) is 0 Å². The Morgan fingerprint density at radius 3 is 2.39 bits per heavy atom. The number of nitrogens with one attached hydrogen (secondary N) is 2. The molecule has 6 heteroatoms. The van der Waals surface area contributed by atoms with Crippen LogP contribution >= 0.6 is 0 Å². The summed E-state index contributed by atoms with van der Waals surface area (Å²) in [4.78, 5) is 18.3. The van der Waals surface area contributed by atoms with Gasteiger partial charge in [-0.3, -0.25) is 9.79 Å². The first-order chi connectivity index (χ1) is 13.7. The van der Waals surface area contributed by atoms with E-state index in [0.717, 1.165) is 57.9 Å². The summed E-state index contributed by atoms with van der Waals surface area (Å²) in [5, 5.41) is 6.72. The van der Waals surface area contributed by atoms with Gasteiger partial charge in [0.25, 0.3) is 0 Å². The van der Waals surface area contributed by atoms with Gasteiger partial charge in [-0.25, -0.2) is 0 Å². The quantitative estimate of drug-likeness (QED) is 0.356. The van der Waals surface area contributed by atoms with Crippen LogP contribution in [0.4, 0.5) is 5.69 Å². The number of anilines is 1. The third-order valence-corrected chi connectivity index (χ3v) is 4.64. The molecule has 0 fully saturated rings. The Labute approximate surface area is 168 Å². The molecule has 0 unspecified atom stereocenters. The molecule has 0 saturated carbocycles. The normalized spacial score (nSPS) is 11.3. The molecule has 2 aromatic rings. The molecule has 0 aliphatic rings. The zero-order valence-electron chi connectivity index (χ0n) is 17.1. The zero-order valence-corrected chi connectivity index (χ0v) is 17.1. The maximum atomic E-state index is 11.7. The van der Waals surface area contributed by atoms with Crippen LogP contribution in [0.1, 0.15) is 26.2 Å². The Hall–Kier alpha value is -2.76. The van der Waals surface area contributed by atoms with Crippen molar-refractivity contribution in [3.05, 3.63) is 65.1 Å². The second-order valence-electron chi connectivity index (χ2n) is 6.63. The Kier molecular flexibility index (Phi) is 9.69. The highest BCUT2D eigenvalue weighted by Crippen LogP contribution is 2.12. The molecule has 0 radical (unpaired) electrons. The largest absolute Gasteiger partial charge is 0.372 e. The molecule has 28 heavy (non-hydrogen) atoms. The van der Waals surface area contributed by atoms with Crippen LogP contribution in [0.3, 0.4) is 0 Å². The summed E-state index contributed by atoms with van der Waals surface area (Å²) < 4.78 is 1.75. The highest BCUT2D eigenvalue weighted by atomic mass is 16.1. The van der Waals surface area contributed by atoms with Crippen LogP contribution in [0.15, 0.2) is 64.5 Å². The fourth-order valence-corrected chi connectivity index (χ4v) is 3.07. The summed E-state index contributed by atoms with van der Waals surface area (Å²) >= 11 is 0. The fraction of sp³-hybridized carbons (Fsp3) is 0.455. The predicted molar refractivity (Wildman–Crippen MR) is 118 cm³/mol. The second-order valence-corrected chi connectivity index (χ2v) is 6.63. The van der Waals surface area contributed by atoms with Crippen LogP contribution in [0.5, 0.6) is 0 Å². The lowest BCUT2D eigenvalue weighted by atomic mass is 10.2. The minimum atomic E-state index is 0.0598. The lowest BCUT2D eigenvalue weighted by Gasteiger charge is -2.23. The summed E-state index contributed by atoms with van der Waals surface area (Å²) in [7, 11) is 1.79. The summed E-state index contributed by atoms with van der Waals surface area (Å²) in [6.45, 7) is 6.66. The fourth-order valence-electron chi connectivity index (χ4n) is 3.07. The van der Waals surface area contributed by atoms with Crippen molar-refractivity contribution in [1.29, 1.82) is 0 Å². The number of nitrogens with zero attached hydrogens (tertiary/aromatic N) is 3. The summed E-state index contributed by atoms with van der Waals surface area (Å²) in [6.07, 6.45) is 4.82. The van der Waals surface area contributed by atoms with Gasteiger partial charge in [-0.2, -0.15) is 0 Å². The van der Waals surface area contributed by atoms with E-state index in [2.05, 4.69) is 51.7 Å². The molecule has 6 nitrogen and oxygen atoms in total. The molecule has 0 spiro atoms. The lowest BCUT2D eigenvalue weighted by Crippen LogP contribution is -2.39. The highest BCUT2D eigenvalue weighted by molar-refractivity contribution is 5.79. The number of aromatic nitrogens is 1. The SMILES string of the molecule is CCN(CCCNC(=NC)NCCCCn1ccccc1=O)c1ccccc1. The molecule has 152 valence electrons. The van der Waals surface area contributed by atoms with Gasteiger partial charge < -0.3 is 20.1 Å². The number of para-hydroxylation sites is 1. The number of aliphatic imine (C=N–C) groups is 1. The average molecular weight is 384 g/mol. The summed E-state index contributed by atoms with van der Waals surface area (Å²) in [5.74, 6) is 0.833. The zero-order chi connectivity index (χ0) is 20.0. The van der Waals surface area contributed by atoms with Crippen molar-refractivity contribution in [3.63, 3.8) is 0 Å². The van der Waals surface area contributed by atoms with Crippen molar-refractivity contribution in [2.45, 2.75) is 32.7 Å². The smallest absolute Gasteiger partial charge is 0.250 e. The summed E-state index contributed by atoms with van der Waals surface area (Å²) in [6, 6.07) is 15.8. The molecule has 2 rings (SSSR count). The van der Waals surface area contributed by atoms with Gasteiger partial charge in [0.05, 0.1) is 0 Å². The van der Waals surface area contributed by atoms with E-state index >= 15 is 0 Å². The number of pyridine rings is 1. The molecule has 0 bridgehead atoms. The number of unbranched alkanes of at least 4 members (excludes halogenated alkanes) is 1. The van der Waals surface area contributed by atoms with Crippen molar-refractivity contribution >= 4 is 11.6 Å². The van der Waals surface area contributed by atoms with Gasteiger partial charge in [-0.1, -0.05) is 24.3 Å². The van der Waals surface area contributed by atoms with Crippen molar-refractivity contribution in [1.82, 2.24) is 15.2 Å². The number of aryl methyl sites for hydroxylation is 1. The van der Waals surface area contributed by atoms with E-state index in [1.165, 1.54) is 5.69 Å². The maximum Gasteiger partial charge on any atom is 0.250 e. The van der Waals surface area contributed by atoms with E-state index in [-0.39, 0.29) is 5.56 Å². The van der Waals surface area contributed by atoms with E-state index in [0.29, 0.717) is 0 Å². The Morgan fingerprint density at radius 1 is 1.00 bits per heavy atom. The first kappa shape index (κ1) is 21.5. The van der Waals surface area contributed by atoms with E-state index in [9.17, 15) is 4.79 Å². The maximum absolute atomic E-state index is 11.7. The van der Waals surface area contributed by atoms with Crippen molar-refractivity contribution in [2.75, 3.05) is 38.1 Å². The molecular weight excluding hydrogens is 350 g/mol. The number of hydrogen-bond acceptors (Lipinski definition) is 3. The first-order valence-electron chi connectivity index (χ1n) is 10.1. The van der Waals surface area contributed by atoms with Crippen LogP contribution < -0.4 is 21.1 Å². The molecule has 0 atom stereocenters. The molecule has 1 aromatic heterocycles. The van der Waals surface area contributed by atoms with E-state index in [4.69, 9.17) is 0 Å². The number of hydrogen-bond donors (Lipinski definition) is 2. The monoisotopic (exact) mass is 383 g/mol. The molecule has 0 aliphatic heterocycles. The van der Waals surface area contributed by atoms with Gasteiger partial charge in [-0.05, 0) is 44.4 Å². The third kappa shape index (κ3) is 7.47. The minimum absolute atomic E-state index is 0.0598. The molecule has 0 saturated heterocycles. The predicted octanol–water partition coefficient (Wildman–Crippen LogP) is 2.71. The topological polar surface area (TPSA) is 61.7 Å². The number of rotatable bonds is 11. The highest BCUT2D eigenvalue weighted by Gasteiger charge is 2.03. The van der Waals surface area contributed by atoms with Crippen LogP contribution in [-0.2, 0) is 6.54 Å². The van der Waals surface area contributed by atoms with Gasteiger partial charge in [0.15, 0.2) is 5.96 Å². The van der Waals surface area contributed by atoms with Crippen molar-refractivity contribution in [2.24, 2.45) is 4.99 Å². The van der Waals surface area contributed by atoms with E-state index in [1.807, 2.05) is 18.3 Å². The Bertz CT molecular complexity index is 757. The molecule has 1 aromatic carbocycles. The first-order valence-corrected chi connectivity index (χ1v) is 10.1. The molecule has 0 aliphatic carbocycles. The molecule has 1 heterocycles. The van der Waals surface area contributed by atoms with Crippen LogP contribution in [-0.4, -0.2) is 43.8 Å². The van der Waals surface area contributed by atoms with Gasteiger partial charge in [0.1, 0.15) is 0 Å². The molecular formula is C22H33N5O. The van der Waals surface area contributed by atoms with Gasteiger partial charge >= 0.3 is 0 Å². The lowest BCUT2D eigenvalue weighted by molar-refractivity contribution is 0.585. The molecule has 2 N–H and O–H groups in total. The van der Waals surface area contributed by atoms with E-state index < -0.39 is 0 Å². The summed E-state index contributed by atoms with van der Waals surface area (Å²) in [5.41, 5.74) is 1.33. The average Bonchev–Trinajstić information content (AvgIpc) is 2.74. The van der Waals surface area contributed by atoms with Crippen LogP contribution in [0.2, 0.25) is 0 Å². The standard InChI is InChI=1S/C22H33N5O/c1-3-26(20-12-5-4-6-13-20)19-11-16-25-22(23-2)24-15-8-10-18-27-17-9-7-14-21(27)28/h4-7,9,12-14,17H,3,8,10-11,15-16,18-19H2,1-2H3,(H2,23,24,25). The van der Waals surface area contributed by atoms with Crippen LogP contribution in [0.25, 0.3) is 0 Å². The van der Waals surface area contributed by atoms with Crippen molar-refractivity contribution in [3.8, 4) is 0 Å². The van der Waals surface area contributed by atoms with Gasteiger partial charge in [0.2, 0.25) is 5.56 Å². The van der Waals surface area contributed by atoms with E-state index in [1.54, 1.807) is 23.7 Å². The van der Waals surface area contributed by atoms with Gasteiger partial charge in [0, 0.05) is 57.7 Å². The second kappa shape index (κ2) is 12.6. The molecule has 0 amide bonds. The third-order valence-electron chi connectivity index (χ3n) is 4.64. The Morgan fingerprint density at radius 2 is 1.71 bits per heavy atom. The number of guanidine groups is 1. The van der Waals surface area contributed by atoms with Crippen LogP contribution in [0, 0.1) is 0 Å². The number of benzene rings is 1.